The van der Waals surface area contributed by atoms with E-state index in [9.17, 15) is 4.79 Å². The maximum Gasteiger partial charge on any atom is 0.254 e. The number of carbonyl (C=O) groups is 1. The number of pyridine rings is 2. The normalized spacial score (nSPS) is 10.2. The standard InChI is InChI=1S/C10H10N4O/c1-12-10(15)7-5-6-3-2-4-13-9(6)14-8(7)11/h2-5H,1H3,(H,12,15)(H2,11,13,14). The van der Waals surface area contributed by atoms with E-state index in [1.165, 1.54) is 0 Å². The predicted octanol–water partition coefficient (Wildman–Crippen LogP) is 0.572. The second-order valence-electron chi connectivity index (χ2n) is 3.05. The molecule has 0 aromatic carbocycles. The van der Waals surface area contributed by atoms with Crippen LogP contribution in [0.5, 0.6) is 0 Å². The minimum Gasteiger partial charge on any atom is -0.383 e. The predicted molar refractivity (Wildman–Crippen MR) is 57.3 cm³/mol. The van der Waals surface area contributed by atoms with Crippen molar-refractivity contribution in [3.05, 3.63) is 30.0 Å². The minimum absolute atomic E-state index is 0.195. The number of nitrogen functional groups attached to an aromatic ring is 1. The molecule has 15 heavy (non-hydrogen) atoms. The molecule has 3 N–H and O–H groups in total. The van der Waals surface area contributed by atoms with E-state index in [0.717, 1.165) is 5.39 Å². The molecule has 0 saturated heterocycles. The van der Waals surface area contributed by atoms with Crippen LogP contribution in [0.1, 0.15) is 10.4 Å². The van der Waals surface area contributed by atoms with Crippen LogP contribution in [0.15, 0.2) is 24.4 Å². The van der Waals surface area contributed by atoms with Gasteiger partial charge in [-0.25, -0.2) is 9.97 Å². The summed E-state index contributed by atoms with van der Waals surface area (Å²) >= 11 is 0. The molecular formula is C10H10N4O. The molecule has 0 unspecified atom stereocenters. The SMILES string of the molecule is CNC(=O)c1cc2cccnc2nc1N. The van der Waals surface area contributed by atoms with E-state index in [0.29, 0.717) is 11.2 Å². The second-order valence-corrected chi connectivity index (χ2v) is 3.05. The molecule has 2 rings (SSSR count). The van der Waals surface area contributed by atoms with E-state index in [1.54, 1.807) is 25.4 Å². The van der Waals surface area contributed by atoms with E-state index in [4.69, 9.17) is 5.73 Å². The van der Waals surface area contributed by atoms with Crippen LogP contribution in [0, 0.1) is 0 Å². The van der Waals surface area contributed by atoms with E-state index < -0.39 is 0 Å². The van der Waals surface area contributed by atoms with Gasteiger partial charge in [0.1, 0.15) is 5.82 Å². The number of anilines is 1. The summed E-state index contributed by atoms with van der Waals surface area (Å²) in [5.74, 6) is -0.0497. The number of amides is 1. The van der Waals surface area contributed by atoms with E-state index in [1.807, 2.05) is 6.07 Å². The Morgan fingerprint density at radius 3 is 3.07 bits per heavy atom. The summed E-state index contributed by atoms with van der Waals surface area (Å²) in [6, 6.07) is 5.30. The fraction of sp³-hybridized carbons (Fsp3) is 0.100. The lowest BCUT2D eigenvalue weighted by Crippen LogP contribution is -2.19. The first-order chi connectivity index (χ1) is 7.22. The van der Waals surface area contributed by atoms with Gasteiger partial charge in [0, 0.05) is 18.6 Å². The Labute approximate surface area is 86.3 Å². The monoisotopic (exact) mass is 202 g/mol. The molecule has 2 heterocycles. The third-order valence-corrected chi connectivity index (χ3v) is 2.09. The summed E-state index contributed by atoms with van der Waals surface area (Å²) in [5.41, 5.74) is 6.57. The number of hydrogen-bond acceptors (Lipinski definition) is 4. The highest BCUT2D eigenvalue weighted by molar-refractivity contribution is 6.01. The van der Waals surface area contributed by atoms with Crippen LogP contribution < -0.4 is 11.1 Å². The second kappa shape index (κ2) is 3.53. The maximum absolute atomic E-state index is 11.4. The number of rotatable bonds is 1. The van der Waals surface area contributed by atoms with Gasteiger partial charge < -0.3 is 11.1 Å². The van der Waals surface area contributed by atoms with Gasteiger partial charge in [-0.15, -0.1) is 0 Å². The van der Waals surface area contributed by atoms with Gasteiger partial charge >= 0.3 is 0 Å². The lowest BCUT2D eigenvalue weighted by molar-refractivity contribution is 0.0964. The van der Waals surface area contributed by atoms with Crippen molar-refractivity contribution in [3.8, 4) is 0 Å². The Morgan fingerprint density at radius 1 is 1.53 bits per heavy atom. The van der Waals surface area contributed by atoms with Gasteiger partial charge in [-0.1, -0.05) is 0 Å². The molecule has 5 nitrogen and oxygen atoms in total. The molecule has 5 heteroatoms. The molecule has 0 fully saturated rings. The molecule has 2 aromatic heterocycles. The zero-order valence-electron chi connectivity index (χ0n) is 8.19. The van der Waals surface area contributed by atoms with Crippen LogP contribution in [0.4, 0.5) is 5.82 Å². The first-order valence-electron chi connectivity index (χ1n) is 4.45. The zero-order valence-corrected chi connectivity index (χ0v) is 8.19. The number of carbonyl (C=O) groups excluding carboxylic acids is 1. The fourth-order valence-corrected chi connectivity index (χ4v) is 1.34. The number of fused-ring (bicyclic) bond motifs is 1. The number of aromatic nitrogens is 2. The van der Waals surface area contributed by atoms with Crippen molar-refractivity contribution in [2.45, 2.75) is 0 Å². The molecule has 0 radical (unpaired) electrons. The molecule has 76 valence electrons. The molecule has 0 bridgehead atoms. The van der Waals surface area contributed by atoms with E-state index in [2.05, 4.69) is 15.3 Å². The summed E-state index contributed by atoms with van der Waals surface area (Å²) in [6.45, 7) is 0. The lowest BCUT2D eigenvalue weighted by Gasteiger charge is -2.04. The molecule has 0 aliphatic rings. The van der Waals surface area contributed by atoms with Crippen molar-refractivity contribution in [1.29, 1.82) is 0 Å². The lowest BCUT2D eigenvalue weighted by atomic mass is 10.2. The van der Waals surface area contributed by atoms with Crippen molar-refractivity contribution >= 4 is 22.8 Å². The highest BCUT2D eigenvalue weighted by Gasteiger charge is 2.10. The smallest absolute Gasteiger partial charge is 0.254 e. The first-order valence-corrected chi connectivity index (χ1v) is 4.45. The average Bonchev–Trinajstić information content (AvgIpc) is 2.27. The summed E-state index contributed by atoms with van der Waals surface area (Å²) in [6.07, 6.45) is 1.63. The molecule has 0 spiro atoms. The number of nitrogens with two attached hydrogens (primary N) is 1. The molecular weight excluding hydrogens is 192 g/mol. The third-order valence-electron chi connectivity index (χ3n) is 2.09. The topological polar surface area (TPSA) is 80.9 Å². The van der Waals surface area contributed by atoms with Crippen molar-refractivity contribution in [1.82, 2.24) is 15.3 Å². The zero-order chi connectivity index (χ0) is 10.8. The molecule has 0 aliphatic carbocycles. The summed E-state index contributed by atoms with van der Waals surface area (Å²) in [7, 11) is 1.55. The summed E-state index contributed by atoms with van der Waals surface area (Å²) in [4.78, 5) is 19.5. The van der Waals surface area contributed by atoms with E-state index in [-0.39, 0.29) is 11.7 Å². The Bertz CT molecular complexity index is 524. The molecule has 2 aromatic rings. The average molecular weight is 202 g/mol. The largest absolute Gasteiger partial charge is 0.383 e. The minimum atomic E-state index is -0.245. The Kier molecular flexibility index (Phi) is 2.21. The fourth-order valence-electron chi connectivity index (χ4n) is 1.34. The van der Waals surface area contributed by atoms with Gasteiger partial charge in [-0.3, -0.25) is 4.79 Å². The third kappa shape index (κ3) is 1.59. The van der Waals surface area contributed by atoms with Crippen molar-refractivity contribution < 1.29 is 4.79 Å². The van der Waals surface area contributed by atoms with Crippen molar-refractivity contribution in [3.63, 3.8) is 0 Å². The highest BCUT2D eigenvalue weighted by Crippen LogP contribution is 2.16. The first kappa shape index (κ1) is 9.39. The van der Waals surface area contributed by atoms with Crippen LogP contribution in [0.25, 0.3) is 11.0 Å². The van der Waals surface area contributed by atoms with E-state index >= 15 is 0 Å². The van der Waals surface area contributed by atoms with Crippen LogP contribution in [0.2, 0.25) is 0 Å². The molecule has 1 amide bonds. The van der Waals surface area contributed by atoms with Gasteiger partial charge in [0.05, 0.1) is 5.56 Å². The van der Waals surface area contributed by atoms with Gasteiger partial charge in [-0.2, -0.15) is 0 Å². The van der Waals surface area contributed by atoms with Crippen LogP contribution in [0.3, 0.4) is 0 Å². The Balaban J connectivity index is 2.67. The van der Waals surface area contributed by atoms with Gasteiger partial charge in [0.25, 0.3) is 5.91 Å². The number of hydrogen-bond donors (Lipinski definition) is 2. The molecule has 0 atom stereocenters. The van der Waals surface area contributed by atoms with Crippen LogP contribution in [-0.2, 0) is 0 Å². The quantitative estimate of drug-likeness (QED) is 0.708. The summed E-state index contributed by atoms with van der Waals surface area (Å²) in [5, 5.41) is 3.30. The molecule has 0 aliphatic heterocycles. The number of nitrogens with one attached hydrogen (secondary N) is 1. The van der Waals surface area contributed by atoms with Gasteiger partial charge in [0.15, 0.2) is 5.65 Å². The van der Waals surface area contributed by atoms with Crippen LogP contribution in [-0.4, -0.2) is 22.9 Å². The molecule has 0 saturated carbocycles. The van der Waals surface area contributed by atoms with Gasteiger partial charge in [0.2, 0.25) is 0 Å². The van der Waals surface area contributed by atoms with Crippen molar-refractivity contribution in [2.24, 2.45) is 0 Å². The van der Waals surface area contributed by atoms with Gasteiger partial charge in [-0.05, 0) is 18.2 Å². The highest BCUT2D eigenvalue weighted by atomic mass is 16.1. The summed E-state index contributed by atoms with van der Waals surface area (Å²) < 4.78 is 0. The Morgan fingerprint density at radius 2 is 2.33 bits per heavy atom. The maximum atomic E-state index is 11.4. The Hall–Kier alpha value is -2.17. The van der Waals surface area contributed by atoms with Crippen LogP contribution >= 0.6 is 0 Å². The van der Waals surface area contributed by atoms with Crippen molar-refractivity contribution in [2.75, 3.05) is 12.8 Å². The number of nitrogens with zero attached hydrogens (tertiary/aromatic N) is 2.